The molecule has 1 N–H and O–H groups in total. The molecule has 1 rings (SSSR count). The van der Waals surface area contributed by atoms with Gasteiger partial charge >= 0.3 is 0 Å². The number of hydrogen-bond donors (Lipinski definition) is 1. The monoisotopic (exact) mass is 239 g/mol. The molecule has 0 aliphatic carbocycles. The molecule has 90 valence electrons. The van der Waals surface area contributed by atoms with Crippen LogP contribution in [-0.4, -0.2) is 19.1 Å². The third-order valence-electron chi connectivity index (χ3n) is 2.17. The zero-order chi connectivity index (χ0) is 11.6. The predicted octanol–water partition coefficient (Wildman–Crippen LogP) is 3.27. The molecule has 0 bridgehead atoms. The molecule has 0 spiro atoms. The number of thioether (sulfide) groups is 1. The van der Waals surface area contributed by atoms with Gasteiger partial charge in [0.15, 0.2) is 0 Å². The van der Waals surface area contributed by atoms with Crippen LogP contribution >= 0.6 is 11.8 Å². The molecule has 0 heterocycles. The van der Waals surface area contributed by atoms with Gasteiger partial charge in [0.25, 0.3) is 0 Å². The third kappa shape index (κ3) is 5.54. The fourth-order valence-electron chi connectivity index (χ4n) is 1.35. The first kappa shape index (κ1) is 13.6. The van der Waals surface area contributed by atoms with Gasteiger partial charge in [0.05, 0.1) is 5.94 Å². The molecule has 3 heteroatoms. The molecule has 1 aromatic carbocycles. The van der Waals surface area contributed by atoms with Crippen molar-refractivity contribution in [2.24, 2.45) is 0 Å². The predicted molar refractivity (Wildman–Crippen MR) is 70.8 cm³/mol. The van der Waals surface area contributed by atoms with E-state index in [9.17, 15) is 0 Å². The highest BCUT2D eigenvalue weighted by molar-refractivity contribution is 7.99. The van der Waals surface area contributed by atoms with Gasteiger partial charge in [0, 0.05) is 18.0 Å². The van der Waals surface area contributed by atoms with Gasteiger partial charge in [-0.3, -0.25) is 0 Å². The van der Waals surface area contributed by atoms with Crippen LogP contribution in [0.2, 0.25) is 0 Å². The summed E-state index contributed by atoms with van der Waals surface area (Å²) in [5.74, 6) is 0.738. The van der Waals surface area contributed by atoms with Gasteiger partial charge in [-0.05, 0) is 37.6 Å². The zero-order valence-electron chi connectivity index (χ0n) is 10.2. The molecule has 0 radical (unpaired) electrons. The van der Waals surface area contributed by atoms with E-state index in [1.807, 2.05) is 6.92 Å². The Morgan fingerprint density at radius 3 is 2.94 bits per heavy atom. The van der Waals surface area contributed by atoms with Crippen LogP contribution in [0.3, 0.4) is 0 Å². The van der Waals surface area contributed by atoms with Crippen molar-refractivity contribution in [2.75, 3.05) is 19.1 Å². The van der Waals surface area contributed by atoms with Crippen LogP contribution in [0.4, 0.5) is 0 Å². The van der Waals surface area contributed by atoms with Crippen molar-refractivity contribution in [3.63, 3.8) is 0 Å². The molecule has 0 aliphatic rings. The zero-order valence-corrected chi connectivity index (χ0v) is 11.0. The van der Waals surface area contributed by atoms with E-state index < -0.39 is 0 Å². The second kappa shape index (κ2) is 8.62. The average molecular weight is 239 g/mol. The maximum Gasteiger partial charge on any atom is 0.0966 e. The Balaban J connectivity index is 2.37. The highest BCUT2D eigenvalue weighted by Crippen LogP contribution is 2.19. The summed E-state index contributed by atoms with van der Waals surface area (Å²) < 4.78 is 5.32. The quantitative estimate of drug-likeness (QED) is 0.427. The fourth-order valence-corrected chi connectivity index (χ4v) is 2.14. The van der Waals surface area contributed by atoms with Gasteiger partial charge in [-0.1, -0.05) is 30.8 Å². The number of ether oxygens (including phenoxy) is 1. The second-order valence-electron chi connectivity index (χ2n) is 3.58. The lowest BCUT2D eigenvalue weighted by molar-refractivity contribution is 0.199. The van der Waals surface area contributed by atoms with Gasteiger partial charge < -0.3 is 10.1 Å². The average Bonchev–Trinajstić information content (AvgIpc) is 2.30. The lowest BCUT2D eigenvalue weighted by Gasteiger charge is -2.06. The Kier molecular flexibility index (Phi) is 7.30. The van der Waals surface area contributed by atoms with E-state index in [2.05, 4.69) is 36.5 Å². The number of rotatable bonds is 8. The van der Waals surface area contributed by atoms with Crippen molar-refractivity contribution < 1.29 is 4.74 Å². The van der Waals surface area contributed by atoms with Crippen LogP contribution in [0, 0.1) is 0 Å². The van der Waals surface area contributed by atoms with E-state index in [1.54, 1.807) is 11.8 Å². The lowest BCUT2D eigenvalue weighted by atomic mass is 10.2. The molecule has 1 aromatic rings. The van der Waals surface area contributed by atoms with Crippen molar-refractivity contribution >= 4 is 11.8 Å². The molecular weight excluding hydrogens is 218 g/mol. The minimum atomic E-state index is 0.738. The number of hydrogen-bond acceptors (Lipinski definition) is 3. The highest BCUT2D eigenvalue weighted by atomic mass is 32.2. The van der Waals surface area contributed by atoms with E-state index in [0.717, 1.165) is 25.6 Å². The summed E-state index contributed by atoms with van der Waals surface area (Å²) in [6.45, 7) is 7.02. The van der Waals surface area contributed by atoms with E-state index in [1.165, 1.54) is 16.9 Å². The first-order valence-corrected chi connectivity index (χ1v) is 6.85. The standard InChI is InChI=1S/C13H21NOS/c1-3-8-14-10-12-6-5-7-13(9-12)16-11-15-4-2/h5-7,9,14H,3-4,8,10-11H2,1-2H3. The molecule has 16 heavy (non-hydrogen) atoms. The summed E-state index contributed by atoms with van der Waals surface area (Å²) >= 11 is 1.75. The molecule has 0 saturated carbocycles. The molecule has 0 saturated heterocycles. The minimum absolute atomic E-state index is 0.738. The number of nitrogens with one attached hydrogen (secondary N) is 1. The van der Waals surface area contributed by atoms with E-state index in [0.29, 0.717) is 0 Å². The number of benzene rings is 1. The molecule has 0 atom stereocenters. The van der Waals surface area contributed by atoms with E-state index in [-0.39, 0.29) is 0 Å². The van der Waals surface area contributed by atoms with E-state index in [4.69, 9.17) is 4.74 Å². The van der Waals surface area contributed by atoms with Crippen molar-refractivity contribution in [1.29, 1.82) is 0 Å². The van der Waals surface area contributed by atoms with Gasteiger partial charge in [-0.2, -0.15) is 0 Å². The van der Waals surface area contributed by atoms with Crippen LogP contribution < -0.4 is 5.32 Å². The van der Waals surface area contributed by atoms with Crippen molar-refractivity contribution in [3.05, 3.63) is 29.8 Å². The third-order valence-corrected chi connectivity index (χ3v) is 3.04. The fraction of sp³-hybridized carbons (Fsp3) is 0.538. The Labute approximate surface area is 103 Å². The molecule has 2 nitrogen and oxygen atoms in total. The summed E-state index contributed by atoms with van der Waals surface area (Å²) in [6, 6.07) is 8.63. The van der Waals surface area contributed by atoms with Gasteiger partial charge in [0.1, 0.15) is 0 Å². The van der Waals surface area contributed by atoms with Gasteiger partial charge in [-0.25, -0.2) is 0 Å². The molecule has 0 fully saturated rings. The largest absolute Gasteiger partial charge is 0.371 e. The van der Waals surface area contributed by atoms with Gasteiger partial charge in [0.2, 0.25) is 0 Å². The SMILES string of the molecule is CCCNCc1cccc(SCOCC)c1. The Morgan fingerprint density at radius 2 is 2.19 bits per heavy atom. The summed E-state index contributed by atoms with van der Waals surface area (Å²) in [4.78, 5) is 1.28. The first-order chi connectivity index (χ1) is 7.86. The topological polar surface area (TPSA) is 21.3 Å². The Hall–Kier alpha value is -0.510. The van der Waals surface area contributed by atoms with Crippen LogP contribution in [0.15, 0.2) is 29.2 Å². The Morgan fingerprint density at radius 1 is 1.31 bits per heavy atom. The van der Waals surface area contributed by atoms with E-state index >= 15 is 0 Å². The van der Waals surface area contributed by atoms with Crippen LogP contribution in [0.1, 0.15) is 25.8 Å². The maximum atomic E-state index is 5.32. The van der Waals surface area contributed by atoms with Crippen molar-refractivity contribution in [1.82, 2.24) is 5.32 Å². The smallest absolute Gasteiger partial charge is 0.0966 e. The van der Waals surface area contributed by atoms with Crippen LogP contribution in [0.25, 0.3) is 0 Å². The van der Waals surface area contributed by atoms with Crippen molar-refractivity contribution in [3.8, 4) is 0 Å². The second-order valence-corrected chi connectivity index (χ2v) is 4.57. The van der Waals surface area contributed by atoms with Crippen molar-refractivity contribution in [2.45, 2.75) is 31.7 Å². The molecule has 0 amide bonds. The summed E-state index contributed by atoms with van der Waals surface area (Å²) in [5.41, 5.74) is 1.34. The first-order valence-electron chi connectivity index (χ1n) is 5.87. The lowest BCUT2D eigenvalue weighted by Crippen LogP contribution is -2.13. The maximum absolute atomic E-state index is 5.32. The molecular formula is C13H21NOS. The molecule has 0 aliphatic heterocycles. The normalized spacial score (nSPS) is 10.6. The molecule has 0 unspecified atom stereocenters. The van der Waals surface area contributed by atoms with Crippen LogP contribution in [0.5, 0.6) is 0 Å². The summed E-state index contributed by atoms with van der Waals surface area (Å²) in [7, 11) is 0. The summed E-state index contributed by atoms with van der Waals surface area (Å²) in [5, 5.41) is 3.41. The highest BCUT2D eigenvalue weighted by Gasteiger charge is 1.96. The van der Waals surface area contributed by atoms with Gasteiger partial charge in [-0.15, -0.1) is 0 Å². The summed E-state index contributed by atoms with van der Waals surface area (Å²) in [6.07, 6.45) is 1.18. The molecule has 0 aromatic heterocycles. The minimum Gasteiger partial charge on any atom is -0.371 e. The Bertz CT molecular complexity index is 266. The van der Waals surface area contributed by atoms with Crippen LogP contribution in [-0.2, 0) is 11.3 Å².